The van der Waals surface area contributed by atoms with Crippen molar-refractivity contribution < 1.29 is 13.5 Å². The van der Waals surface area contributed by atoms with Gasteiger partial charge in [0.1, 0.15) is 11.6 Å². The molecule has 2 aromatic heterocycles. The van der Waals surface area contributed by atoms with Crippen LogP contribution in [0.4, 0.5) is 14.7 Å². The van der Waals surface area contributed by atoms with Crippen LogP contribution >= 0.6 is 0 Å². The number of nitrogens with one attached hydrogen (secondary N) is 1. The molecule has 152 valence electrons. The van der Waals surface area contributed by atoms with E-state index in [-0.39, 0.29) is 11.6 Å². The number of rotatable bonds is 6. The molecule has 2 heterocycles. The number of fused-ring (bicyclic) bond motifs is 1. The van der Waals surface area contributed by atoms with Crippen LogP contribution in [0.2, 0.25) is 0 Å². The molecule has 30 heavy (non-hydrogen) atoms. The third kappa shape index (κ3) is 4.17. The highest BCUT2D eigenvalue weighted by atomic mass is 19.1. The maximum atomic E-state index is 13.4. The minimum absolute atomic E-state index is 0.290. The van der Waals surface area contributed by atoms with Crippen LogP contribution in [-0.4, -0.2) is 26.5 Å². The molecular weight excluding hydrogens is 388 g/mol. The van der Waals surface area contributed by atoms with Crippen LogP contribution in [0.25, 0.3) is 22.4 Å². The number of nitrogens with zero attached hydrogens (tertiary/aromatic N) is 4. The van der Waals surface area contributed by atoms with Crippen LogP contribution in [0.1, 0.15) is 18.1 Å². The molecule has 0 saturated heterocycles. The highest BCUT2D eigenvalue weighted by Crippen LogP contribution is 2.27. The van der Waals surface area contributed by atoms with Gasteiger partial charge in [0.15, 0.2) is 11.2 Å². The third-order valence-corrected chi connectivity index (χ3v) is 4.48. The molecule has 4 aromatic rings. The molecule has 0 aliphatic carbocycles. The van der Waals surface area contributed by atoms with Crippen molar-refractivity contribution in [3.05, 3.63) is 71.4 Å². The van der Waals surface area contributed by atoms with Crippen molar-refractivity contribution in [2.45, 2.75) is 20.4 Å². The van der Waals surface area contributed by atoms with Gasteiger partial charge in [-0.05, 0) is 55.3 Å². The number of aryl methyl sites for hydroxylation is 1. The van der Waals surface area contributed by atoms with E-state index in [1.807, 2.05) is 13.8 Å². The van der Waals surface area contributed by atoms with E-state index >= 15 is 0 Å². The average Bonchev–Trinajstić information content (AvgIpc) is 2.73. The lowest BCUT2D eigenvalue weighted by Crippen LogP contribution is -2.07. The molecule has 0 unspecified atom stereocenters. The van der Waals surface area contributed by atoms with Crippen molar-refractivity contribution >= 4 is 17.1 Å². The topological polar surface area (TPSA) is 72.8 Å². The number of hydrogen-bond donors (Lipinski definition) is 1. The van der Waals surface area contributed by atoms with Crippen molar-refractivity contribution in [2.24, 2.45) is 0 Å². The monoisotopic (exact) mass is 407 g/mol. The number of benzene rings is 2. The molecule has 6 nitrogen and oxygen atoms in total. The molecule has 2 aromatic carbocycles. The summed E-state index contributed by atoms with van der Waals surface area (Å²) < 4.78 is 32.2. The Kier molecular flexibility index (Phi) is 5.47. The molecule has 1 N–H and O–H groups in total. The molecule has 0 aliphatic heterocycles. The first kappa shape index (κ1) is 19.6. The Balaban J connectivity index is 1.68. The van der Waals surface area contributed by atoms with Gasteiger partial charge < -0.3 is 10.1 Å². The first-order chi connectivity index (χ1) is 14.5. The minimum Gasteiger partial charge on any atom is -0.476 e. The Morgan fingerprint density at radius 2 is 1.73 bits per heavy atom. The van der Waals surface area contributed by atoms with Crippen molar-refractivity contribution in [1.29, 1.82) is 0 Å². The molecule has 0 bridgehead atoms. The fourth-order valence-corrected chi connectivity index (χ4v) is 3.03. The van der Waals surface area contributed by atoms with Gasteiger partial charge >= 0.3 is 0 Å². The zero-order valence-electron chi connectivity index (χ0n) is 16.5. The standard InChI is InChI=1S/C22H19F2N5O/c1-3-30-21-19-20(25-12-18(27-19)17-9-8-16(24)10-13(17)2)28-22(29-21)26-11-14-4-6-15(23)7-5-14/h4-10,12H,3,11H2,1-2H3,(H,25,26,28,29). The lowest BCUT2D eigenvalue weighted by Gasteiger charge is -2.11. The first-order valence-corrected chi connectivity index (χ1v) is 9.46. The number of ether oxygens (including phenoxy) is 1. The van der Waals surface area contributed by atoms with Gasteiger partial charge in [0.2, 0.25) is 11.8 Å². The van der Waals surface area contributed by atoms with E-state index in [4.69, 9.17) is 4.74 Å². The van der Waals surface area contributed by atoms with Crippen LogP contribution in [0.15, 0.2) is 48.7 Å². The van der Waals surface area contributed by atoms with Crippen molar-refractivity contribution in [1.82, 2.24) is 19.9 Å². The average molecular weight is 407 g/mol. The quantitative estimate of drug-likeness (QED) is 0.500. The Morgan fingerprint density at radius 1 is 0.967 bits per heavy atom. The fourth-order valence-electron chi connectivity index (χ4n) is 3.03. The van der Waals surface area contributed by atoms with E-state index in [9.17, 15) is 8.78 Å². The van der Waals surface area contributed by atoms with E-state index in [1.165, 1.54) is 24.3 Å². The Morgan fingerprint density at radius 3 is 2.47 bits per heavy atom. The van der Waals surface area contributed by atoms with Crippen molar-refractivity contribution in [3.63, 3.8) is 0 Å². The van der Waals surface area contributed by atoms with Gasteiger partial charge in [-0.1, -0.05) is 12.1 Å². The summed E-state index contributed by atoms with van der Waals surface area (Å²) in [7, 11) is 0. The van der Waals surface area contributed by atoms with Gasteiger partial charge in [0.05, 0.1) is 18.5 Å². The molecule has 0 fully saturated rings. The summed E-state index contributed by atoms with van der Waals surface area (Å²) in [5.41, 5.74) is 3.78. The summed E-state index contributed by atoms with van der Waals surface area (Å²) in [5, 5.41) is 3.10. The highest BCUT2D eigenvalue weighted by Gasteiger charge is 2.14. The fraction of sp³-hybridized carbons (Fsp3) is 0.182. The maximum Gasteiger partial charge on any atom is 0.247 e. The smallest absolute Gasteiger partial charge is 0.247 e. The van der Waals surface area contributed by atoms with E-state index in [2.05, 4.69) is 25.3 Å². The molecule has 0 spiro atoms. The van der Waals surface area contributed by atoms with Gasteiger partial charge in [0.25, 0.3) is 0 Å². The lowest BCUT2D eigenvalue weighted by molar-refractivity contribution is 0.330. The molecular formula is C22H19F2N5O. The normalized spacial score (nSPS) is 10.9. The maximum absolute atomic E-state index is 13.4. The minimum atomic E-state index is -0.305. The van der Waals surface area contributed by atoms with Gasteiger partial charge in [-0.25, -0.2) is 18.7 Å². The zero-order valence-corrected chi connectivity index (χ0v) is 16.5. The molecule has 0 radical (unpaired) electrons. The van der Waals surface area contributed by atoms with Crippen LogP contribution in [0.5, 0.6) is 5.88 Å². The Labute approximate surface area is 172 Å². The zero-order chi connectivity index (χ0) is 21.1. The lowest BCUT2D eigenvalue weighted by atomic mass is 10.1. The van der Waals surface area contributed by atoms with Crippen molar-refractivity contribution in [3.8, 4) is 17.1 Å². The van der Waals surface area contributed by atoms with E-state index in [1.54, 1.807) is 24.4 Å². The molecule has 0 amide bonds. The molecule has 8 heteroatoms. The number of anilines is 1. The highest BCUT2D eigenvalue weighted by molar-refractivity contribution is 5.79. The second kappa shape index (κ2) is 8.36. The third-order valence-electron chi connectivity index (χ3n) is 4.48. The van der Waals surface area contributed by atoms with Gasteiger partial charge in [-0.3, -0.25) is 0 Å². The summed E-state index contributed by atoms with van der Waals surface area (Å²) in [6, 6.07) is 10.7. The van der Waals surface area contributed by atoms with E-state index in [0.29, 0.717) is 41.8 Å². The van der Waals surface area contributed by atoms with Crippen LogP contribution in [0.3, 0.4) is 0 Å². The first-order valence-electron chi connectivity index (χ1n) is 9.46. The molecule has 0 aliphatic rings. The predicted molar refractivity (Wildman–Crippen MR) is 110 cm³/mol. The summed E-state index contributed by atoms with van der Waals surface area (Å²) in [6.07, 6.45) is 1.59. The number of aromatic nitrogens is 4. The number of hydrogen-bond acceptors (Lipinski definition) is 6. The van der Waals surface area contributed by atoms with Crippen LogP contribution in [0, 0.1) is 18.6 Å². The van der Waals surface area contributed by atoms with Crippen LogP contribution in [-0.2, 0) is 6.54 Å². The van der Waals surface area contributed by atoms with Gasteiger partial charge in [0, 0.05) is 12.1 Å². The molecule has 0 atom stereocenters. The Hall–Kier alpha value is -3.68. The predicted octanol–water partition coefficient (Wildman–Crippen LogP) is 4.68. The molecule has 0 saturated carbocycles. The van der Waals surface area contributed by atoms with Crippen LogP contribution < -0.4 is 10.1 Å². The Bertz CT molecular complexity index is 1200. The van der Waals surface area contributed by atoms with Gasteiger partial charge in [-0.2, -0.15) is 9.97 Å². The van der Waals surface area contributed by atoms with E-state index in [0.717, 1.165) is 16.7 Å². The SMILES string of the molecule is CCOc1nc(NCc2ccc(F)cc2)nc2ncc(-c3ccc(F)cc3C)nc12. The van der Waals surface area contributed by atoms with Crippen molar-refractivity contribution in [2.75, 3.05) is 11.9 Å². The summed E-state index contributed by atoms with van der Waals surface area (Å²) in [4.78, 5) is 17.9. The summed E-state index contributed by atoms with van der Waals surface area (Å²) in [5.74, 6) is 0.0375. The second-order valence-electron chi connectivity index (χ2n) is 6.65. The second-order valence-corrected chi connectivity index (χ2v) is 6.65. The van der Waals surface area contributed by atoms with E-state index < -0.39 is 0 Å². The van der Waals surface area contributed by atoms with Gasteiger partial charge in [-0.15, -0.1) is 0 Å². The largest absolute Gasteiger partial charge is 0.476 e. The summed E-state index contributed by atoms with van der Waals surface area (Å²) in [6.45, 7) is 4.47. The summed E-state index contributed by atoms with van der Waals surface area (Å²) >= 11 is 0. The molecule has 4 rings (SSSR count). The number of halogens is 2.